The Morgan fingerprint density at radius 2 is 0.920 bits per heavy atom. The average Bonchev–Trinajstić information content (AvgIpc) is 2.33. The highest BCUT2D eigenvalue weighted by Crippen LogP contribution is 2.30. The SMILES string of the molecule is CC(C)CC(C)(CC(C)C)OCCOOC(C)(CC(C)C)CC(C)C. The van der Waals surface area contributed by atoms with E-state index in [0.29, 0.717) is 36.9 Å². The smallest absolute Gasteiger partial charge is 0.106 e. The van der Waals surface area contributed by atoms with Crippen LogP contribution in [0.5, 0.6) is 0 Å². The molecule has 0 heterocycles. The van der Waals surface area contributed by atoms with Crippen LogP contribution in [0.15, 0.2) is 0 Å². The van der Waals surface area contributed by atoms with Crippen molar-refractivity contribution in [2.45, 2.75) is 106 Å². The van der Waals surface area contributed by atoms with Crippen LogP contribution in [0.3, 0.4) is 0 Å². The summed E-state index contributed by atoms with van der Waals surface area (Å²) < 4.78 is 6.22. The Kier molecular flexibility index (Phi) is 11.5. The third kappa shape index (κ3) is 12.8. The lowest BCUT2D eigenvalue weighted by Gasteiger charge is -2.34. The largest absolute Gasteiger partial charge is 0.373 e. The van der Waals surface area contributed by atoms with Gasteiger partial charge in [-0.2, -0.15) is 0 Å². The fraction of sp³-hybridized carbons (Fsp3) is 1.00. The normalized spacial score (nSPS) is 13.7. The van der Waals surface area contributed by atoms with Gasteiger partial charge in [0, 0.05) is 0 Å². The first-order valence-electron chi connectivity index (χ1n) is 10.3. The molecule has 0 fully saturated rings. The van der Waals surface area contributed by atoms with Gasteiger partial charge in [0.05, 0.1) is 12.2 Å². The minimum Gasteiger partial charge on any atom is -0.373 e. The Morgan fingerprint density at radius 3 is 1.28 bits per heavy atom. The van der Waals surface area contributed by atoms with E-state index in [4.69, 9.17) is 14.5 Å². The number of hydrogen-bond donors (Lipinski definition) is 0. The van der Waals surface area contributed by atoms with Gasteiger partial charge in [0.1, 0.15) is 12.2 Å². The van der Waals surface area contributed by atoms with Gasteiger partial charge in [-0.3, -0.25) is 0 Å². The van der Waals surface area contributed by atoms with E-state index in [2.05, 4.69) is 69.2 Å². The van der Waals surface area contributed by atoms with Gasteiger partial charge in [-0.05, 0) is 63.2 Å². The summed E-state index contributed by atoms with van der Waals surface area (Å²) in [4.78, 5) is 11.4. The van der Waals surface area contributed by atoms with Crippen molar-refractivity contribution in [1.29, 1.82) is 0 Å². The van der Waals surface area contributed by atoms with Crippen LogP contribution in [0.2, 0.25) is 0 Å². The summed E-state index contributed by atoms with van der Waals surface area (Å²) in [5.41, 5.74) is -0.299. The van der Waals surface area contributed by atoms with E-state index in [1.54, 1.807) is 0 Å². The number of ether oxygens (including phenoxy) is 1. The summed E-state index contributed by atoms with van der Waals surface area (Å²) in [6.07, 6.45) is 4.16. The first kappa shape index (κ1) is 24.9. The molecule has 0 rings (SSSR count). The maximum atomic E-state index is 6.22. The lowest BCUT2D eigenvalue weighted by atomic mass is 9.86. The molecule has 25 heavy (non-hydrogen) atoms. The van der Waals surface area contributed by atoms with Gasteiger partial charge in [-0.15, -0.1) is 0 Å². The van der Waals surface area contributed by atoms with E-state index >= 15 is 0 Å². The van der Waals surface area contributed by atoms with Crippen molar-refractivity contribution in [3.63, 3.8) is 0 Å². The summed E-state index contributed by atoms with van der Waals surface area (Å²) in [6, 6.07) is 0. The first-order chi connectivity index (χ1) is 11.4. The molecule has 0 aromatic carbocycles. The Balaban J connectivity index is 4.41. The lowest BCUT2D eigenvalue weighted by molar-refractivity contribution is -0.367. The van der Waals surface area contributed by atoms with Crippen molar-refractivity contribution < 1.29 is 14.5 Å². The second-order valence-electron chi connectivity index (χ2n) is 10.0. The fourth-order valence-corrected chi connectivity index (χ4v) is 4.31. The zero-order chi connectivity index (χ0) is 19.7. The minimum absolute atomic E-state index is 0.0785. The molecule has 0 aliphatic rings. The van der Waals surface area contributed by atoms with Gasteiger partial charge in [0.2, 0.25) is 0 Å². The fourth-order valence-electron chi connectivity index (χ4n) is 4.31. The lowest BCUT2D eigenvalue weighted by Crippen LogP contribution is -2.35. The van der Waals surface area contributed by atoms with Crippen molar-refractivity contribution in [3.05, 3.63) is 0 Å². The monoisotopic (exact) mass is 358 g/mol. The number of hydrogen-bond acceptors (Lipinski definition) is 3. The molecule has 0 spiro atoms. The van der Waals surface area contributed by atoms with Crippen LogP contribution in [-0.2, 0) is 14.5 Å². The Hall–Kier alpha value is -0.120. The van der Waals surface area contributed by atoms with E-state index < -0.39 is 0 Å². The molecule has 152 valence electrons. The zero-order valence-electron chi connectivity index (χ0n) is 18.8. The summed E-state index contributed by atoms with van der Waals surface area (Å²) in [6.45, 7) is 23.4. The summed E-state index contributed by atoms with van der Waals surface area (Å²) >= 11 is 0. The molecular weight excluding hydrogens is 312 g/mol. The van der Waals surface area contributed by atoms with Gasteiger partial charge in [-0.25, -0.2) is 9.78 Å². The molecule has 0 saturated carbocycles. The van der Waals surface area contributed by atoms with Crippen molar-refractivity contribution in [3.8, 4) is 0 Å². The third-order valence-electron chi connectivity index (χ3n) is 4.24. The molecule has 0 bridgehead atoms. The van der Waals surface area contributed by atoms with Crippen LogP contribution in [0, 0.1) is 23.7 Å². The summed E-state index contributed by atoms with van der Waals surface area (Å²) in [5.74, 6) is 2.43. The van der Waals surface area contributed by atoms with E-state index in [1.165, 1.54) is 0 Å². The highest BCUT2D eigenvalue weighted by Gasteiger charge is 2.30. The molecule has 0 aromatic rings. The second-order valence-corrected chi connectivity index (χ2v) is 10.0. The molecule has 0 N–H and O–H groups in total. The molecular formula is C22H46O3. The van der Waals surface area contributed by atoms with E-state index in [-0.39, 0.29) is 11.2 Å². The van der Waals surface area contributed by atoms with Crippen LogP contribution in [0.25, 0.3) is 0 Å². The molecule has 0 aromatic heterocycles. The van der Waals surface area contributed by atoms with Gasteiger partial charge >= 0.3 is 0 Å². The topological polar surface area (TPSA) is 27.7 Å². The van der Waals surface area contributed by atoms with Crippen LogP contribution in [-0.4, -0.2) is 24.4 Å². The molecule has 0 unspecified atom stereocenters. The molecule has 0 atom stereocenters. The van der Waals surface area contributed by atoms with Gasteiger partial charge < -0.3 is 4.74 Å². The highest BCUT2D eigenvalue weighted by molar-refractivity contribution is 4.79. The summed E-state index contributed by atoms with van der Waals surface area (Å²) in [5, 5.41) is 0. The van der Waals surface area contributed by atoms with Crippen molar-refractivity contribution >= 4 is 0 Å². The van der Waals surface area contributed by atoms with E-state index in [9.17, 15) is 0 Å². The predicted octanol–water partition coefficient (Wildman–Crippen LogP) is 6.65. The predicted molar refractivity (Wildman–Crippen MR) is 108 cm³/mol. The molecule has 0 radical (unpaired) electrons. The van der Waals surface area contributed by atoms with Crippen LogP contribution in [0.4, 0.5) is 0 Å². The molecule has 0 saturated heterocycles. The van der Waals surface area contributed by atoms with Crippen LogP contribution >= 0.6 is 0 Å². The maximum absolute atomic E-state index is 6.22. The van der Waals surface area contributed by atoms with E-state index in [1.807, 2.05) is 0 Å². The van der Waals surface area contributed by atoms with E-state index in [0.717, 1.165) is 25.7 Å². The second kappa shape index (κ2) is 11.6. The summed E-state index contributed by atoms with van der Waals surface area (Å²) in [7, 11) is 0. The van der Waals surface area contributed by atoms with Crippen LogP contribution in [0.1, 0.15) is 94.9 Å². The third-order valence-corrected chi connectivity index (χ3v) is 4.24. The molecule has 0 aliphatic heterocycles. The van der Waals surface area contributed by atoms with Crippen molar-refractivity contribution in [1.82, 2.24) is 0 Å². The number of rotatable bonds is 14. The van der Waals surface area contributed by atoms with Crippen molar-refractivity contribution in [2.75, 3.05) is 13.2 Å². The Bertz CT molecular complexity index is 282. The molecule has 0 aliphatic carbocycles. The molecule has 3 heteroatoms. The Morgan fingerprint density at radius 1 is 0.560 bits per heavy atom. The van der Waals surface area contributed by atoms with Gasteiger partial charge in [0.15, 0.2) is 0 Å². The standard InChI is InChI=1S/C22H46O3/c1-17(2)13-21(9,14-18(3)4)23-11-12-24-25-22(10,15-19(5)6)16-20(7)8/h17-20H,11-16H2,1-10H3. The first-order valence-corrected chi connectivity index (χ1v) is 10.3. The highest BCUT2D eigenvalue weighted by atomic mass is 17.2. The average molecular weight is 359 g/mol. The van der Waals surface area contributed by atoms with Gasteiger partial charge in [0.25, 0.3) is 0 Å². The maximum Gasteiger partial charge on any atom is 0.106 e. The molecule has 3 nitrogen and oxygen atoms in total. The van der Waals surface area contributed by atoms with Crippen LogP contribution < -0.4 is 0 Å². The minimum atomic E-state index is -0.221. The van der Waals surface area contributed by atoms with Gasteiger partial charge in [-0.1, -0.05) is 55.4 Å². The van der Waals surface area contributed by atoms with Crippen molar-refractivity contribution in [2.24, 2.45) is 23.7 Å². The quantitative estimate of drug-likeness (QED) is 0.197. The molecule has 0 amide bonds. The Labute approximate surface area is 158 Å². The zero-order valence-corrected chi connectivity index (χ0v) is 18.8.